The summed E-state index contributed by atoms with van der Waals surface area (Å²) in [5.41, 5.74) is 4.55. The number of benzene rings is 2. The van der Waals surface area contributed by atoms with E-state index in [1.54, 1.807) is 11.9 Å². The molecule has 206 valence electrons. The first kappa shape index (κ1) is 26.9. The van der Waals surface area contributed by atoms with Crippen molar-refractivity contribution in [3.8, 4) is 0 Å². The SMILES string of the molecule is CN1C(=O)NC(c2ccc(C(C)(C)C)cc2)C2=C1CN(CC(=O)NC1CCN(Cc3ccccc3)CC1)C2=O. The molecule has 0 aromatic heterocycles. The summed E-state index contributed by atoms with van der Waals surface area (Å²) >= 11 is 0. The summed E-state index contributed by atoms with van der Waals surface area (Å²) in [6.07, 6.45) is 1.77. The number of hydrogen-bond donors (Lipinski definition) is 2. The maximum Gasteiger partial charge on any atom is 0.322 e. The van der Waals surface area contributed by atoms with Crippen LogP contribution >= 0.6 is 0 Å². The largest absolute Gasteiger partial charge is 0.352 e. The van der Waals surface area contributed by atoms with Crippen LogP contribution in [0.1, 0.15) is 56.3 Å². The number of likely N-dealkylation sites (tertiary alicyclic amines) is 1. The molecule has 2 N–H and O–H groups in total. The van der Waals surface area contributed by atoms with E-state index < -0.39 is 6.04 Å². The normalized spacial score (nSPS) is 20.8. The number of urea groups is 1. The minimum atomic E-state index is -0.535. The molecule has 0 saturated carbocycles. The third-order valence-electron chi connectivity index (χ3n) is 8.08. The summed E-state index contributed by atoms with van der Waals surface area (Å²) in [5.74, 6) is -0.354. The van der Waals surface area contributed by atoms with Crippen molar-refractivity contribution < 1.29 is 14.4 Å². The van der Waals surface area contributed by atoms with Crippen LogP contribution in [0.25, 0.3) is 0 Å². The molecule has 8 nitrogen and oxygen atoms in total. The average Bonchev–Trinajstić information content (AvgIpc) is 3.23. The molecule has 39 heavy (non-hydrogen) atoms. The van der Waals surface area contributed by atoms with Gasteiger partial charge < -0.3 is 15.5 Å². The fourth-order valence-electron chi connectivity index (χ4n) is 5.70. The summed E-state index contributed by atoms with van der Waals surface area (Å²) in [6, 6.07) is 17.8. The number of hydrogen-bond acceptors (Lipinski definition) is 4. The zero-order valence-electron chi connectivity index (χ0n) is 23.4. The van der Waals surface area contributed by atoms with Crippen LogP contribution in [0.3, 0.4) is 0 Å². The highest BCUT2D eigenvalue weighted by Gasteiger charge is 2.43. The highest BCUT2D eigenvalue weighted by atomic mass is 16.2. The van der Waals surface area contributed by atoms with E-state index in [0.29, 0.717) is 11.3 Å². The number of carbonyl (C=O) groups excluding carboxylic acids is 3. The van der Waals surface area contributed by atoms with Gasteiger partial charge in [0, 0.05) is 32.7 Å². The van der Waals surface area contributed by atoms with E-state index >= 15 is 0 Å². The predicted octanol–water partition coefficient (Wildman–Crippen LogP) is 3.56. The first-order chi connectivity index (χ1) is 18.6. The van der Waals surface area contributed by atoms with E-state index in [2.05, 4.69) is 72.7 Å². The lowest BCUT2D eigenvalue weighted by molar-refractivity contribution is -0.132. The zero-order chi connectivity index (χ0) is 27.7. The van der Waals surface area contributed by atoms with Gasteiger partial charge in [-0.1, -0.05) is 75.4 Å². The van der Waals surface area contributed by atoms with Gasteiger partial charge in [-0.05, 0) is 34.9 Å². The quantitative estimate of drug-likeness (QED) is 0.600. The van der Waals surface area contributed by atoms with Crippen LogP contribution in [-0.4, -0.2) is 71.8 Å². The van der Waals surface area contributed by atoms with Crippen LogP contribution in [-0.2, 0) is 21.5 Å². The van der Waals surface area contributed by atoms with Crippen LogP contribution in [0.4, 0.5) is 4.79 Å². The number of nitrogens with one attached hydrogen (secondary N) is 2. The van der Waals surface area contributed by atoms with Gasteiger partial charge in [-0.2, -0.15) is 0 Å². The van der Waals surface area contributed by atoms with Gasteiger partial charge in [0.15, 0.2) is 0 Å². The molecule has 3 heterocycles. The Balaban J connectivity index is 1.19. The van der Waals surface area contributed by atoms with Gasteiger partial charge in [0.05, 0.1) is 23.9 Å². The van der Waals surface area contributed by atoms with Gasteiger partial charge in [0.1, 0.15) is 6.54 Å². The van der Waals surface area contributed by atoms with E-state index in [-0.39, 0.29) is 42.4 Å². The van der Waals surface area contributed by atoms with Crippen molar-refractivity contribution in [1.82, 2.24) is 25.3 Å². The lowest BCUT2D eigenvalue weighted by Crippen LogP contribution is -2.47. The summed E-state index contributed by atoms with van der Waals surface area (Å²) in [6.45, 7) is 9.44. The second-order valence-electron chi connectivity index (χ2n) is 11.9. The molecule has 0 aliphatic carbocycles. The molecule has 0 bridgehead atoms. The summed E-state index contributed by atoms with van der Waals surface area (Å²) in [7, 11) is 1.67. The second kappa shape index (κ2) is 10.8. The van der Waals surface area contributed by atoms with Crippen molar-refractivity contribution >= 4 is 17.8 Å². The monoisotopic (exact) mass is 529 g/mol. The van der Waals surface area contributed by atoms with Crippen LogP contribution in [0.2, 0.25) is 0 Å². The molecule has 8 heteroatoms. The van der Waals surface area contributed by atoms with Gasteiger partial charge in [-0.15, -0.1) is 0 Å². The Morgan fingerprint density at radius 2 is 1.67 bits per heavy atom. The van der Waals surface area contributed by atoms with E-state index in [1.165, 1.54) is 16.0 Å². The molecule has 0 spiro atoms. The fourth-order valence-corrected chi connectivity index (χ4v) is 5.70. The summed E-state index contributed by atoms with van der Waals surface area (Å²) < 4.78 is 0. The zero-order valence-corrected chi connectivity index (χ0v) is 23.4. The van der Waals surface area contributed by atoms with Crippen LogP contribution < -0.4 is 10.6 Å². The van der Waals surface area contributed by atoms with Crippen molar-refractivity contribution in [2.75, 3.05) is 33.2 Å². The first-order valence-corrected chi connectivity index (χ1v) is 13.8. The van der Waals surface area contributed by atoms with Crippen LogP contribution in [0.15, 0.2) is 65.9 Å². The molecule has 1 fully saturated rings. The van der Waals surface area contributed by atoms with Crippen molar-refractivity contribution in [1.29, 1.82) is 0 Å². The molecule has 1 atom stereocenters. The molecule has 0 radical (unpaired) electrons. The molecular weight excluding hydrogens is 490 g/mol. The average molecular weight is 530 g/mol. The molecule has 1 unspecified atom stereocenters. The maximum atomic E-state index is 13.5. The Labute approximate surface area is 231 Å². The van der Waals surface area contributed by atoms with Crippen molar-refractivity contribution in [3.63, 3.8) is 0 Å². The lowest BCUT2D eigenvalue weighted by Gasteiger charge is -2.32. The van der Waals surface area contributed by atoms with Gasteiger partial charge in [-0.25, -0.2) is 4.79 Å². The summed E-state index contributed by atoms with van der Waals surface area (Å²) in [5, 5.41) is 6.12. The number of rotatable bonds is 6. The number of amides is 4. The van der Waals surface area contributed by atoms with Crippen molar-refractivity contribution in [2.45, 2.75) is 57.7 Å². The molecule has 2 aromatic rings. The van der Waals surface area contributed by atoms with E-state index in [9.17, 15) is 14.4 Å². The third-order valence-corrected chi connectivity index (χ3v) is 8.08. The highest BCUT2D eigenvalue weighted by molar-refractivity contribution is 6.02. The first-order valence-electron chi connectivity index (χ1n) is 13.8. The molecular formula is C31H39N5O3. The standard InChI is InChI=1S/C31H39N5O3/c1-31(2,3)23-12-10-22(11-13-23)28-27-25(34(4)30(39)33-28)19-36(29(27)38)20-26(37)32-24-14-16-35(17-15-24)18-21-8-6-5-7-9-21/h5-13,24,28H,14-20H2,1-4H3,(H,32,37)(H,33,39). The maximum absolute atomic E-state index is 13.5. The molecule has 5 rings (SSSR count). The Kier molecular flexibility index (Phi) is 7.49. The highest BCUT2D eigenvalue weighted by Crippen LogP contribution is 2.36. The van der Waals surface area contributed by atoms with Gasteiger partial charge >= 0.3 is 6.03 Å². The molecule has 3 aliphatic rings. The molecule has 1 saturated heterocycles. The van der Waals surface area contributed by atoms with Gasteiger partial charge in [0.25, 0.3) is 5.91 Å². The van der Waals surface area contributed by atoms with Crippen molar-refractivity contribution in [2.24, 2.45) is 0 Å². The number of piperidine rings is 1. The van der Waals surface area contributed by atoms with E-state index in [4.69, 9.17) is 0 Å². The molecule has 2 aromatic carbocycles. The van der Waals surface area contributed by atoms with E-state index in [1.807, 2.05) is 18.2 Å². The predicted molar refractivity (Wildman–Crippen MR) is 151 cm³/mol. The van der Waals surface area contributed by atoms with Gasteiger partial charge in [-0.3, -0.25) is 19.4 Å². The third kappa shape index (κ3) is 5.86. The van der Waals surface area contributed by atoms with E-state index in [0.717, 1.165) is 38.0 Å². The number of carbonyl (C=O) groups is 3. The Morgan fingerprint density at radius 3 is 2.31 bits per heavy atom. The summed E-state index contributed by atoms with van der Waals surface area (Å²) in [4.78, 5) is 44.7. The topological polar surface area (TPSA) is 85.0 Å². The number of nitrogens with zero attached hydrogens (tertiary/aromatic N) is 3. The van der Waals surface area contributed by atoms with Crippen molar-refractivity contribution in [3.05, 3.63) is 82.6 Å². The lowest BCUT2D eigenvalue weighted by atomic mass is 9.85. The van der Waals surface area contributed by atoms with Crippen LogP contribution in [0, 0.1) is 0 Å². The Hall–Kier alpha value is -3.65. The fraction of sp³-hybridized carbons (Fsp3) is 0.452. The minimum Gasteiger partial charge on any atom is -0.352 e. The Morgan fingerprint density at radius 1 is 1.00 bits per heavy atom. The second-order valence-corrected chi connectivity index (χ2v) is 11.9. The van der Waals surface area contributed by atoms with Gasteiger partial charge in [0.2, 0.25) is 5.91 Å². The Bertz CT molecular complexity index is 1260. The van der Waals surface area contributed by atoms with Crippen LogP contribution in [0.5, 0.6) is 0 Å². The minimum absolute atomic E-state index is 0.00480. The number of likely N-dealkylation sites (N-methyl/N-ethyl adjacent to an activating group) is 1. The molecule has 4 amide bonds. The molecule has 3 aliphatic heterocycles. The smallest absolute Gasteiger partial charge is 0.322 e.